The summed E-state index contributed by atoms with van der Waals surface area (Å²) in [5.74, 6) is 0.834. The van der Waals surface area contributed by atoms with Gasteiger partial charge in [-0.25, -0.2) is 0 Å². The Balaban J connectivity index is 0.00000529. The highest BCUT2D eigenvalue weighted by Gasteiger charge is 2.01. The number of benzene rings is 1. The zero-order valence-electron chi connectivity index (χ0n) is 15.3. The van der Waals surface area contributed by atoms with Crippen LogP contribution in [0.2, 0.25) is 0 Å². The van der Waals surface area contributed by atoms with Gasteiger partial charge < -0.3 is 20.3 Å². The monoisotopic (exact) mass is 448 g/mol. The first kappa shape index (κ1) is 23.1. The molecule has 0 radical (unpaired) electrons. The van der Waals surface area contributed by atoms with Gasteiger partial charge in [-0.2, -0.15) is 0 Å². The van der Waals surface area contributed by atoms with E-state index in [1.165, 1.54) is 12.0 Å². The van der Waals surface area contributed by atoms with Gasteiger partial charge in [0.2, 0.25) is 0 Å². The number of nitrogens with one attached hydrogen (secondary N) is 2. The van der Waals surface area contributed by atoms with Gasteiger partial charge in [0.05, 0.1) is 13.2 Å². The molecule has 6 heteroatoms. The van der Waals surface area contributed by atoms with Gasteiger partial charge in [0.25, 0.3) is 0 Å². The maximum absolute atomic E-state index is 5.65. The SMILES string of the molecule is CCCN(CC)CCNC(=NC)NCCOCc1ccccc1.I. The van der Waals surface area contributed by atoms with Crippen molar-refractivity contribution in [2.45, 2.75) is 26.9 Å². The second-order valence-corrected chi connectivity index (χ2v) is 5.40. The molecule has 138 valence electrons. The number of likely N-dealkylation sites (N-methyl/N-ethyl adjacent to an activating group) is 1. The first-order valence-electron chi connectivity index (χ1n) is 8.58. The van der Waals surface area contributed by atoms with Crippen molar-refractivity contribution in [3.05, 3.63) is 35.9 Å². The number of aliphatic imine (C=N–C) groups is 1. The minimum absolute atomic E-state index is 0. The van der Waals surface area contributed by atoms with E-state index in [1.807, 2.05) is 18.2 Å². The fraction of sp³-hybridized carbons (Fsp3) is 0.611. The molecule has 0 amide bonds. The Morgan fingerprint density at radius 2 is 1.79 bits per heavy atom. The van der Waals surface area contributed by atoms with E-state index in [9.17, 15) is 0 Å². The summed E-state index contributed by atoms with van der Waals surface area (Å²) in [6, 6.07) is 10.2. The van der Waals surface area contributed by atoms with Crippen LogP contribution in [0.3, 0.4) is 0 Å². The highest BCUT2D eigenvalue weighted by Crippen LogP contribution is 1.99. The Kier molecular flexibility index (Phi) is 15.1. The molecule has 0 saturated heterocycles. The minimum atomic E-state index is 0. The van der Waals surface area contributed by atoms with Crippen LogP contribution in [0.4, 0.5) is 0 Å². The summed E-state index contributed by atoms with van der Waals surface area (Å²) in [4.78, 5) is 6.67. The quantitative estimate of drug-likeness (QED) is 0.237. The minimum Gasteiger partial charge on any atom is -0.375 e. The van der Waals surface area contributed by atoms with Crippen LogP contribution in [0.15, 0.2) is 35.3 Å². The van der Waals surface area contributed by atoms with Gasteiger partial charge in [0, 0.05) is 26.7 Å². The third kappa shape index (κ3) is 10.8. The number of ether oxygens (including phenoxy) is 1. The normalized spacial score (nSPS) is 11.2. The molecule has 0 saturated carbocycles. The molecule has 1 aromatic rings. The van der Waals surface area contributed by atoms with Crippen molar-refractivity contribution in [3.63, 3.8) is 0 Å². The van der Waals surface area contributed by atoms with Crippen molar-refractivity contribution >= 4 is 29.9 Å². The third-order valence-corrected chi connectivity index (χ3v) is 3.58. The maximum atomic E-state index is 5.65. The number of hydrogen-bond acceptors (Lipinski definition) is 3. The predicted octanol–water partition coefficient (Wildman–Crippen LogP) is 2.72. The lowest BCUT2D eigenvalue weighted by Gasteiger charge is -2.20. The molecule has 1 aromatic carbocycles. The molecule has 0 fully saturated rings. The summed E-state index contributed by atoms with van der Waals surface area (Å²) in [6.45, 7) is 10.7. The van der Waals surface area contributed by atoms with Crippen molar-refractivity contribution in [2.24, 2.45) is 4.99 Å². The Bertz CT molecular complexity index is 428. The van der Waals surface area contributed by atoms with E-state index in [-0.39, 0.29) is 24.0 Å². The molecule has 5 nitrogen and oxygen atoms in total. The summed E-state index contributed by atoms with van der Waals surface area (Å²) >= 11 is 0. The van der Waals surface area contributed by atoms with E-state index < -0.39 is 0 Å². The Labute approximate surface area is 164 Å². The van der Waals surface area contributed by atoms with Crippen molar-refractivity contribution in [1.29, 1.82) is 0 Å². The fourth-order valence-electron chi connectivity index (χ4n) is 2.30. The smallest absolute Gasteiger partial charge is 0.191 e. The molecule has 24 heavy (non-hydrogen) atoms. The lowest BCUT2D eigenvalue weighted by Crippen LogP contribution is -2.42. The Hall–Kier alpha value is -0.860. The highest BCUT2D eigenvalue weighted by molar-refractivity contribution is 14.0. The van der Waals surface area contributed by atoms with Crippen molar-refractivity contribution in [1.82, 2.24) is 15.5 Å². The largest absolute Gasteiger partial charge is 0.375 e. The number of guanidine groups is 1. The third-order valence-electron chi connectivity index (χ3n) is 3.58. The molecular weight excluding hydrogens is 415 g/mol. The first-order chi connectivity index (χ1) is 11.3. The summed E-state index contributed by atoms with van der Waals surface area (Å²) in [7, 11) is 1.80. The number of hydrogen-bond donors (Lipinski definition) is 2. The number of rotatable bonds is 11. The molecule has 0 aliphatic rings. The molecule has 0 unspecified atom stereocenters. The highest BCUT2D eigenvalue weighted by atomic mass is 127. The van der Waals surface area contributed by atoms with Gasteiger partial charge in [-0.1, -0.05) is 44.2 Å². The summed E-state index contributed by atoms with van der Waals surface area (Å²) < 4.78 is 5.65. The number of halogens is 1. The first-order valence-corrected chi connectivity index (χ1v) is 8.58. The van der Waals surface area contributed by atoms with Crippen LogP contribution < -0.4 is 10.6 Å². The zero-order valence-corrected chi connectivity index (χ0v) is 17.6. The van der Waals surface area contributed by atoms with Crippen molar-refractivity contribution < 1.29 is 4.74 Å². The average Bonchev–Trinajstić information content (AvgIpc) is 2.59. The van der Waals surface area contributed by atoms with Crippen LogP contribution in [0, 0.1) is 0 Å². The summed E-state index contributed by atoms with van der Waals surface area (Å²) in [6.07, 6.45) is 1.19. The molecule has 0 aromatic heterocycles. The van der Waals surface area contributed by atoms with Crippen LogP contribution >= 0.6 is 24.0 Å². The van der Waals surface area contributed by atoms with E-state index in [0.29, 0.717) is 13.2 Å². The Morgan fingerprint density at radius 3 is 2.42 bits per heavy atom. The van der Waals surface area contributed by atoms with E-state index in [4.69, 9.17) is 4.74 Å². The fourth-order valence-corrected chi connectivity index (χ4v) is 2.30. The van der Waals surface area contributed by atoms with Gasteiger partial charge in [-0.15, -0.1) is 24.0 Å². The second-order valence-electron chi connectivity index (χ2n) is 5.40. The Morgan fingerprint density at radius 1 is 1.08 bits per heavy atom. The topological polar surface area (TPSA) is 48.9 Å². The molecule has 0 spiro atoms. The van der Waals surface area contributed by atoms with Crippen molar-refractivity contribution in [2.75, 3.05) is 46.4 Å². The van der Waals surface area contributed by atoms with Crippen LogP contribution in [0.5, 0.6) is 0 Å². The summed E-state index contributed by atoms with van der Waals surface area (Å²) in [5.41, 5.74) is 1.20. The predicted molar refractivity (Wildman–Crippen MR) is 113 cm³/mol. The number of nitrogens with zero attached hydrogens (tertiary/aromatic N) is 2. The van der Waals surface area contributed by atoms with Crippen LogP contribution in [0.25, 0.3) is 0 Å². The maximum Gasteiger partial charge on any atom is 0.191 e. The zero-order chi connectivity index (χ0) is 16.8. The molecule has 1 rings (SSSR count). The lowest BCUT2D eigenvalue weighted by atomic mass is 10.2. The van der Waals surface area contributed by atoms with E-state index in [2.05, 4.69) is 46.5 Å². The molecule has 0 atom stereocenters. The van der Waals surface area contributed by atoms with Gasteiger partial charge in [-0.05, 0) is 25.1 Å². The average molecular weight is 448 g/mol. The van der Waals surface area contributed by atoms with E-state index >= 15 is 0 Å². The van der Waals surface area contributed by atoms with E-state index in [0.717, 1.165) is 38.7 Å². The van der Waals surface area contributed by atoms with Crippen LogP contribution in [-0.4, -0.2) is 57.2 Å². The van der Waals surface area contributed by atoms with Crippen LogP contribution in [0.1, 0.15) is 25.8 Å². The summed E-state index contributed by atoms with van der Waals surface area (Å²) in [5, 5.41) is 6.62. The van der Waals surface area contributed by atoms with Gasteiger partial charge in [0.1, 0.15) is 0 Å². The molecule has 0 heterocycles. The lowest BCUT2D eigenvalue weighted by molar-refractivity contribution is 0.125. The molecule has 0 bridgehead atoms. The molecular formula is C18H33IN4O. The van der Waals surface area contributed by atoms with Gasteiger partial charge in [0.15, 0.2) is 5.96 Å². The second kappa shape index (κ2) is 15.7. The van der Waals surface area contributed by atoms with Gasteiger partial charge in [-0.3, -0.25) is 4.99 Å². The standard InChI is InChI=1S/C18H32N4O.HI/c1-4-13-22(5-2)14-11-20-18(19-3)21-12-15-23-16-17-9-7-6-8-10-17;/h6-10H,4-5,11-16H2,1-3H3,(H2,19,20,21);1H. The van der Waals surface area contributed by atoms with Crippen LogP contribution in [-0.2, 0) is 11.3 Å². The molecule has 0 aliphatic heterocycles. The molecule has 0 aliphatic carbocycles. The van der Waals surface area contributed by atoms with Gasteiger partial charge >= 0.3 is 0 Å². The van der Waals surface area contributed by atoms with Crippen molar-refractivity contribution in [3.8, 4) is 0 Å². The van der Waals surface area contributed by atoms with E-state index in [1.54, 1.807) is 7.05 Å². The molecule has 2 N–H and O–H groups in total.